The number of rotatable bonds is 7. The van der Waals surface area contributed by atoms with Crippen LogP contribution in [0.4, 0.5) is 0 Å². The zero-order chi connectivity index (χ0) is 18.4. The maximum Gasteiger partial charge on any atom is 0.277 e. The van der Waals surface area contributed by atoms with Crippen LogP contribution >= 0.6 is 11.6 Å². The SMILES string of the molecule is C#CCN(CC=C)C(=O)c1cc(COc2cc(C)c(Cl)c(C)c2)on1. The van der Waals surface area contributed by atoms with E-state index in [-0.39, 0.29) is 24.8 Å². The Bertz CT molecular complexity index is 797. The third-order valence-corrected chi connectivity index (χ3v) is 4.08. The van der Waals surface area contributed by atoms with Gasteiger partial charge in [0.1, 0.15) is 12.4 Å². The predicted octanol–water partition coefficient (Wildman–Crippen LogP) is 3.79. The fourth-order valence-corrected chi connectivity index (χ4v) is 2.38. The van der Waals surface area contributed by atoms with Crippen LogP contribution in [0, 0.1) is 26.2 Å². The van der Waals surface area contributed by atoms with Crippen molar-refractivity contribution < 1.29 is 14.1 Å². The van der Waals surface area contributed by atoms with Gasteiger partial charge in [-0.2, -0.15) is 0 Å². The second-order valence-electron chi connectivity index (χ2n) is 5.52. The minimum absolute atomic E-state index is 0.150. The number of amides is 1. The zero-order valence-electron chi connectivity index (χ0n) is 14.2. The Kier molecular flexibility index (Phi) is 6.26. The molecular weight excluding hydrogens is 340 g/mol. The molecule has 0 unspecified atom stereocenters. The Balaban J connectivity index is 2.05. The number of halogens is 1. The van der Waals surface area contributed by atoms with Crippen LogP contribution < -0.4 is 4.74 Å². The first-order chi connectivity index (χ1) is 12.0. The van der Waals surface area contributed by atoms with Gasteiger partial charge in [0, 0.05) is 17.6 Å². The molecule has 1 amide bonds. The summed E-state index contributed by atoms with van der Waals surface area (Å²) in [6.45, 7) is 8.09. The fourth-order valence-electron chi connectivity index (χ4n) is 2.27. The third-order valence-electron chi connectivity index (χ3n) is 3.49. The van der Waals surface area contributed by atoms with Gasteiger partial charge in [0.15, 0.2) is 11.5 Å². The van der Waals surface area contributed by atoms with Crippen LogP contribution in [-0.4, -0.2) is 29.1 Å². The first-order valence-electron chi connectivity index (χ1n) is 7.65. The molecule has 0 bridgehead atoms. The third kappa shape index (κ3) is 4.65. The van der Waals surface area contributed by atoms with Crippen LogP contribution in [0.25, 0.3) is 0 Å². The number of ether oxygens (including phenoxy) is 1. The number of carbonyl (C=O) groups is 1. The largest absolute Gasteiger partial charge is 0.486 e. The lowest BCUT2D eigenvalue weighted by Crippen LogP contribution is -2.31. The van der Waals surface area contributed by atoms with E-state index in [0.29, 0.717) is 18.1 Å². The standard InChI is InChI=1S/C19H19ClN2O3/c1-5-7-22(8-6-2)19(23)17-11-16(25-21-17)12-24-15-9-13(3)18(20)14(4)10-15/h1,6,9-11H,2,7-8,12H2,3-4H3. The lowest BCUT2D eigenvalue weighted by molar-refractivity contribution is 0.0783. The summed E-state index contributed by atoms with van der Waals surface area (Å²) in [6.07, 6.45) is 6.88. The summed E-state index contributed by atoms with van der Waals surface area (Å²) in [7, 11) is 0. The Labute approximate surface area is 152 Å². The van der Waals surface area contributed by atoms with E-state index < -0.39 is 0 Å². The van der Waals surface area contributed by atoms with Gasteiger partial charge in [-0.3, -0.25) is 4.79 Å². The van der Waals surface area contributed by atoms with Crippen molar-refractivity contribution >= 4 is 17.5 Å². The molecule has 2 aromatic rings. The summed E-state index contributed by atoms with van der Waals surface area (Å²) >= 11 is 6.14. The van der Waals surface area contributed by atoms with Crippen LogP contribution in [0.1, 0.15) is 27.4 Å². The Hall–Kier alpha value is -2.71. The second kappa shape index (κ2) is 8.41. The molecule has 0 atom stereocenters. The number of nitrogens with zero attached hydrogens (tertiary/aromatic N) is 2. The highest BCUT2D eigenvalue weighted by Crippen LogP contribution is 2.26. The van der Waals surface area contributed by atoms with Gasteiger partial charge in [0.2, 0.25) is 0 Å². The Morgan fingerprint density at radius 3 is 2.72 bits per heavy atom. The molecule has 0 fully saturated rings. The van der Waals surface area contributed by atoms with E-state index in [4.69, 9.17) is 27.3 Å². The van der Waals surface area contributed by atoms with Gasteiger partial charge < -0.3 is 14.2 Å². The molecule has 130 valence electrons. The summed E-state index contributed by atoms with van der Waals surface area (Å²) < 4.78 is 10.9. The molecule has 5 nitrogen and oxygen atoms in total. The van der Waals surface area contributed by atoms with E-state index in [2.05, 4.69) is 17.7 Å². The molecular formula is C19H19ClN2O3. The zero-order valence-corrected chi connectivity index (χ0v) is 15.0. The van der Waals surface area contributed by atoms with E-state index in [1.54, 1.807) is 12.1 Å². The molecule has 0 radical (unpaired) electrons. The highest BCUT2D eigenvalue weighted by Gasteiger charge is 2.18. The molecule has 0 aliphatic rings. The van der Waals surface area contributed by atoms with Gasteiger partial charge in [-0.25, -0.2) is 0 Å². The van der Waals surface area contributed by atoms with Crippen molar-refractivity contribution in [3.63, 3.8) is 0 Å². The topological polar surface area (TPSA) is 55.6 Å². The molecule has 25 heavy (non-hydrogen) atoms. The van der Waals surface area contributed by atoms with Crippen molar-refractivity contribution in [1.82, 2.24) is 10.1 Å². The molecule has 0 saturated carbocycles. The number of hydrogen-bond acceptors (Lipinski definition) is 4. The highest BCUT2D eigenvalue weighted by atomic mass is 35.5. The van der Waals surface area contributed by atoms with Crippen molar-refractivity contribution in [2.75, 3.05) is 13.1 Å². The molecule has 0 N–H and O–H groups in total. The summed E-state index contributed by atoms with van der Waals surface area (Å²) in [6, 6.07) is 5.23. The maximum absolute atomic E-state index is 12.3. The van der Waals surface area contributed by atoms with Gasteiger partial charge in [-0.05, 0) is 37.1 Å². The fraction of sp³-hybridized carbons (Fsp3) is 0.263. The van der Waals surface area contributed by atoms with Gasteiger partial charge in [-0.1, -0.05) is 28.8 Å². The average Bonchev–Trinajstić information content (AvgIpc) is 3.06. The van der Waals surface area contributed by atoms with Crippen molar-refractivity contribution in [2.45, 2.75) is 20.5 Å². The number of aromatic nitrogens is 1. The molecule has 0 aliphatic carbocycles. The highest BCUT2D eigenvalue weighted by molar-refractivity contribution is 6.32. The molecule has 0 aliphatic heterocycles. The molecule has 1 heterocycles. The molecule has 0 saturated heterocycles. The first kappa shape index (κ1) is 18.6. The lowest BCUT2D eigenvalue weighted by atomic mass is 10.1. The van der Waals surface area contributed by atoms with Crippen LogP contribution in [0.5, 0.6) is 5.75 Å². The average molecular weight is 359 g/mol. The van der Waals surface area contributed by atoms with Crippen molar-refractivity contribution in [3.05, 3.63) is 58.5 Å². The van der Waals surface area contributed by atoms with Crippen LogP contribution in [0.15, 0.2) is 35.4 Å². The van der Waals surface area contributed by atoms with Crippen LogP contribution in [-0.2, 0) is 6.61 Å². The molecule has 6 heteroatoms. The maximum atomic E-state index is 12.3. The lowest BCUT2D eigenvalue weighted by Gasteiger charge is -2.16. The van der Waals surface area contributed by atoms with Crippen LogP contribution in [0.3, 0.4) is 0 Å². The number of terminal acetylenes is 1. The van der Waals surface area contributed by atoms with Gasteiger partial charge >= 0.3 is 0 Å². The minimum atomic E-state index is -0.314. The number of carbonyl (C=O) groups excluding carboxylic acids is 1. The van der Waals surface area contributed by atoms with Crippen molar-refractivity contribution in [1.29, 1.82) is 0 Å². The van der Waals surface area contributed by atoms with Crippen LogP contribution in [0.2, 0.25) is 5.02 Å². The van der Waals surface area contributed by atoms with E-state index in [1.165, 1.54) is 4.90 Å². The summed E-state index contributed by atoms with van der Waals surface area (Å²) in [5.74, 6) is 3.23. The van der Waals surface area contributed by atoms with E-state index >= 15 is 0 Å². The van der Waals surface area contributed by atoms with Gasteiger partial charge in [0.05, 0.1) is 6.54 Å². The summed E-state index contributed by atoms with van der Waals surface area (Å²) in [5.41, 5.74) is 2.04. The second-order valence-corrected chi connectivity index (χ2v) is 5.89. The number of hydrogen-bond donors (Lipinski definition) is 0. The van der Waals surface area contributed by atoms with E-state index in [1.807, 2.05) is 26.0 Å². The van der Waals surface area contributed by atoms with E-state index in [9.17, 15) is 4.79 Å². The Morgan fingerprint density at radius 1 is 1.44 bits per heavy atom. The predicted molar refractivity (Wildman–Crippen MR) is 96.7 cm³/mol. The normalized spacial score (nSPS) is 10.2. The van der Waals surface area contributed by atoms with E-state index in [0.717, 1.165) is 16.1 Å². The molecule has 2 rings (SSSR count). The Morgan fingerprint density at radius 2 is 2.12 bits per heavy atom. The van der Waals surface area contributed by atoms with Crippen molar-refractivity contribution in [2.24, 2.45) is 0 Å². The van der Waals surface area contributed by atoms with Crippen molar-refractivity contribution in [3.8, 4) is 18.1 Å². The molecule has 1 aromatic heterocycles. The minimum Gasteiger partial charge on any atom is -0.486 e. The molecule has 1 aromatic carbocycles. The molecule has 0 spiro atoms. The summed E-state index contributed by atoms with van der Waals surface area (Å²) in [5, 5.41) is 4.51. The summed E-state index contributed by atoms with van der Waals surface area (Å²) in [4.78, 5) is 13.8. The number of benzene rings is 1. The monoisotopic (exact) mass is 358 g/mol. The first-order valence-corrected chi connectivity index (χ1v) is 8.02. The number of aryl methyl sites for hydroxylation is 2. The quantitative estimate of drug-likeness (QED) is 0.558. The smallest absolute Gasteiger partial charge is 0.277 e. The van der Waals surface area contributed by atoms with Gasteiger partial charge in [-0.15, -0.1) is 13.0 Å². The van der Waals surface area contributed by atoms with Gasteiger partial charge in [0.25, 0.3) is 5.91 Å².